The van der Waals surface area contributed by atoms with E-state index in [1.54, 1.807) is 0 Å². The van der Waals surface area contributed by atoms with Gasteiger partial charge >= 0.3 is 0 Å². The highest BCUT2D eigenvalue weighted by Crippen LogP contribution is 2.07. The van der Waals surface area contributed by atoms with Gasteiger partial charge in [-0.05, 0) is 33.2 Å². The van der Waals surface area contributed by atoms with Crippen molar-refractivity contribution in [3.8, 4) is 0 Å². The summed E-state index contributed by atoms with van der Waals surface area (Å²) in [5.41, 5.74) is 5.87. The zero-order valence-corrected chi connectivity index (χ0v) is 8.83. The van der Waals surface area contributed by atoms with E-state index in [2.05, 4.69) is 18.7 Å². The van der Waals surface area contributed by atoms with Gasteiger partial charge < -0.3 is 10.5 Å². The highest BCUT2D eigenvalue weighted by Gasteiger charge is 2.15. The third-order valence-electron chi connectivity index (χ3n) is 2.40. The van der Waals surface area contributed by atoms with E-state index in [0.717, 1.165) is 19.7 Å². The number of piperidine rings is 1. The van der Waals surface area contributed by atoms with Gasteiger partial charge in [0, 0.05) is 19.1 Å². The zero-order chi connectivity index (χ0) is 9.68. The quantitative estimate of drug-likeness (QED) is 0.707. The minimum absolute atomic E-state index is 0.346. The summed E-state index contributed by atoms with van der Waals surface area (Å²) in [6.45, 7) is 8.25. The summed E-state index contributed by atoms with van der Waals surface area (Å²) in [4.78, 5) is 2.40. The molecule has 1 aliphatic rings. The number of nitrogens with zero attached hydrogens (tertiary/aromatic N) is 1. The van der Waals surface area contributed by atoms with Crippen LogP contribution in [0.3, 0.4) is 0 Å². The van der Waals surface area contributed by atoms with Gasteiger partial charge in [0.15, 0.2) is 0 Å². The van der Waals surface area contributed by atoms with E-state index in [1.807, 2.05) is 0 Å². The summed E-state index contributed by atoms with van der Waals surface area (Å²) in [5.74, 6) is 0. The second-order valence-electron chi connectivity index (χ2n) is 4.12. The number of hydrogen-bond donors (Lipinski definition) is 1. The Balaban J connectivity index is 2.06. The third-order valence-corrected chi connectivity index (χ3v) is 2.40. The number of rotatable bonds is 4. The summed E-state index contributed by atoms with van der Waals surface area (Å²) in [5, 5.41) is 0. The minimum atomic E-state index is 0.346. The van der Waals surface area contributed by atoms with Crippen molar-refractivity contribution < 1.29 is 4.74 Å². The topological polar surface area (TPSA) is 38.5 Å². The van der Waals surface area contributed by atoms with Crippen molar-refractivity contribution in [2.75, 3.05) is 26.2 Å². The molecule has 3 heteroatoms. The Morgan fingerprint density at radius 3 is 2.92 bits per heavy atom. The molecule has 1 heterocycles. The van der Waals surface area contributed by atoms with E-state index < -0.39 is 0 Å². The van der Waals surface area contributed by atoms with Crippen LogP contribution in [0.25, 0.3) is 0 Å². The molecular formula is C10H22N2O. The van der Waals surface area contributed by atoms with Crippen molar-refractivity contribution in [1.29, 1.82) is 0 Å². The number of likely N-dealkylation sites (tertiary alicyclic amines) is 1. The number of hydrogen-bond acceptors (Lipinski definition) is 3. The molecule has 0 radical (unpaired) electrons. The lowest BCUT2D eigenvalue weighted by molar-refractivity contribution is 0.0532. The average molecular weight is 186 g/mol. The smallest absolute Gasteiger partial charge is 0.0596 e. The molecule has 1 aliphatic heterocycles. The molecule has 78 valence electrons. The van der Waals surface area contributed by atoms with Crippen molar-refractivity contribution in [2.45, 2.75) is 38.8 Å². The Bertz CT molecular complexity index is 139. The Labute approximate surface area is 81.2 Å². The maximum absolute atomic E-state index is 5.87. The molecule has 0 aromatic carbocycles. The van der Waals surface area contributed by atoms with Crippen LogP contribution in [0.5, 0.6) is 0 Å². The SMILES string of the molecule is CC(C)OCCN1CCC[C@@H](N)C1. The van der Waals surface area contributed by atoms with Gasteiger partial charge in [0.1, 0.15) is 0 Å². The van der Waals surface area contributed by atoms with Crippen LogP contribution in [0.15, 0.2) is 0 Å². The lowest BCUT2D eigenvalue weighted by atomic mass is 10.1. The first-order valence-corrected chi connectivity index (χ1v) is 5.28. The van der Waals surface area contributed by atoms with Gasteiger partial charge in [-0.15, -0.1) is 0 Å². The molecule has 0 saturated carbocycles. The van der Waals surface area contributed by atoms with Crippen LogP contribution in [0.1, 0.15) is 26.7 Å². The fraction of sp³-hybridized carbons (Fsp3) is 1.00. The van der Waals surface area contributed by atoms with Gasteiger partial charge in [0.2, 0.25) is 0 Å². The second kappa shape index (κ2) is 5.58. The molecule has 2 N–H and O–H groups in total. The maximum atomic E-state index is 5.87. The van der Waals surface area contributed by atoms with Crippen molar-refractivity contribution in [3.05, 3.63) is 0 Å². The predicted molar refractivity (Wildman–Crippen MR) is 54.7 cm³/mol. The van der Waals surface area contributed by atoms with E-state index >= 15 is 0 Å². The average Bonchev–Trinajstić information content (AvgIpc) is 2.03. The Morgan fingerprint density at radius 1 is 1.54 bits per heavy atom. The highest BCUT2D eigenvalue weighted by atomic mass is 16.5. The van der Waals surface area contributed by atoms with Gasteiger partial charge in [-0.2, -0.15) is 0 Å². The van der Waals surface area contributed by atoms with Crippen LogP contribution in [-0.4, -0.2) is 43.3 Å². The number of ether oxygens (including phenoxy) is 1. The van der Waals surface area contributed by atoms with Crippen molar-refractivity contribution in [3.63, 3.8) is 0 Å². The van der Waals surface area contributed by atoms with Crippen molar-refractivity contribution in [2.24, 2.45) is 5.73 Å². The van der Waals surface area contributed by atoms with Gasteiger partial charge in [-0.3, -0.25) is 4.90 Å². The fourth-order valence-electron chi connectivity index (χ4n) is 1.71. The van der Waals surface area contributed by atoms with E-state index in [1.165, 1.54) is 19.4 Å². The normalized spacial score (nSPS) is 25.4. The Morgan fingerprint density at radius 2 is 2.31 bits per heavy atom. The second-order valence-corrected chi connectivity index (χ2v) is 4.12. The van der Waals surface area contributed by atoms with E-state index in [9.17, 15) is 0 Å². The van der Waals surface area contributed by atoms with Crippen LogP contribution in [0.4, 0.5) is 0 Å². The molecule has 0 aliphatic carbocycles. The van der Waals surface area contributed by atoms with Gasteiger partial charge in [0.05, 0.1) is 12.7 Å². The van der Waals surface area contributed by atoms with Crippen LogP contribution >= 0.6 is 0 Å². The fourth-order valence-corrected chi connectivity index (χ4v) is 1.71. The first-order chi connectivity index (χ1) is 6.18. The molecule has 0 aromatic rings. The molecule has 1 atom stereocenters. The van der Waals surface area contributed by atoms with Crippen LogP contribution in [0, 0.1) is 0 Å². The zero-order valence-electron chi connectivity index (χ0n) is 8.83. The van der Waals surface area contributed by atoms with E-state index in [4.69, 9.17) is 10.5 Å². The third kappa shape index (κ3) is 4.60. The molecular weight excluding hydrogens is 164 g/mol. The molecule has 1 fully saturated rings. The monoisotopic (exact) mass is 186 g/mol. The van der Waals surface area contributed by atoms with Crippen molar-refractivity contribution in [1.82, 2.24) is 4.90 Å². The summed E-state index contributed by atoms with van der Waals surface area (Å²) < 4.78 is 5.50. The van der Waals surface area contributed by atoms with E-state index in [0.29, 0.717) is 12.1 Å². The van der Waals surface area contributed by atoms with E-state index in [-0.39, 0.29) is 0 Å². The van der Waals surface area contributed by atoms with Gasteiger partial charge in [0.25, 0.3) is 0 Å². The van der Waals surface area contributed by atoms with Gasteiger partial charge in [-0.1, -0.05) is 0 Å². The Kier molecular flexibility index (Phi) is 4.70. The van der Waals surface area contributed by atoms with Crippen LogP contribution in [-0.2, 0) is 4.74 Å². The predicted octanol–water partition coefficient (Wildman–Crippen LogP) is 0.835. The maximum Gasteiger partial charge on any atom is 0.0596 e. The molecule has 13 heavy (non-hydrogen) atoms. The number of nitrogens with two attached hydrogens (primary N) is 1. The lowest BCUT2D eigenvalue weighted by Crippen LogP contribution is -2.44. The van der Waals surface area contributed by atoms with Crippen LogP contribution in [0.2, 0.25) is 0 Å². The highest BCUT2D eigenvalue weighted by molar-refractivity contribution is 4.74. The molecule has 1 saturated heterocycles. The van der Waals surface area contributed by atoms with Gasteiger partial charge in [-0.25, -0.2) is 0 Å². The first kappa shape index (κ1) is 11.0. The first-order valence-electron chi connectivity index (χ1n) is 5.28. The molecule has 0 spiro atoms. The van der Waals surface area contributed by atoms with Crippen molar-refractivity contribution >= 4 is 0 Å². The summed E-state index contributed by atoms with van der Waals surface area (Å²) in [7, 11) is 0. The molecule has 3 nitrogen and oxygen atoms in total. The summed E-state index contributed by atoms with van der Waals surface area (Å²) in [6.07, 6.45) is 2.77. The largest absolute Gasteiger partial charge is 0.377 e. The van der Waals surface area contributed by atoms with Crippen LogP contribution < -0.4 is 5.73 Å². The Hall–Kier alpha value is -0.120. The molecule has 0 amide bonds. The molecule has 0 aromatic heterocycles. The summed E-state index contributed by atoms with van der Waals surface area (Å²) in [6, 6.07) is 0.382. The summed E-state index contributed by atoms with van der Waals surface area (Å²) >= 11 is 0. The standard InChI is InChI=1S/C10H22N2O/c1-9(2)13-7-6-12-5-3-4-10(11)8-12/h9-10H,3-8,11H2,1-2H3/t10-/m1/s1. The minimum Gasteiger partial charge on any atom is -0.377 e. The lowest BCUT2D eigenvalue weighted by Gasteiger charge is -2.30. The molecule has 0 bridgehead atoms. The molecule has 1 rings (SSSR count). The molecule has 0 unspecified atom stereocenters.